The van der Waals surface area contributed by atoms with Crippen LogP contribution in [-0.2, 0) is 0 Å². The largest absolute Gasteiger partial charge is 0.330 e. The lowest BCUT2D eigenvalue weighted by Gasteiger charge is -2.43. The van der Waals surface area contributed by atoms with E-state index in [1.54, 1.807) is 0 Å². The van der Waals surface area contributed by atoms with Crippen molar-refractivity contribution in [1.82, 2.24) is 4.90 Å². The molecule has 0 radical (unpaired) electrons. The topological polar surface area (TPSA) is 29.3 Å². The molecule has 2 unspecified atom stereocenters. The van der Waals surface area contributed by atoms with Gasteiger partial charge in [0.25, 0.3) is 0 Å². The first kappa shape index (κ1) is 10.0. The first-order valence-corrected chi connectivity index (χ1v) is 4.96. The van der Waals surface area contributed by atoms with Gasteiger partial charge in [-0.2, -0.15) is 0 Å². The molecule has 0 aromatic heterocycles. The lowest BCUT2D eigenvalue weighted by atomic mass is 9.76. The van der Waals surface area contributed by atoms with Crippen molar-refractivity contribution in [1.29, 1.82) is 0 Å². The van der Waals surface area contributed by atoms with E-state index in [9.17, 15) is 0 Å². The minimum atomic E-state index is 0.405. The molecule has 12 heavy (non-hydrogen) atoms. The van der Waals surface area contributed by atoms with E-state index in [2.05, 4.69) is 25.9 Å². The Morgan fingerprint density at radius 2 is 2.17 bits per heavy atom. The Balaban J connectivity index is 2.54. The number of nitrogens with zero attached hydrogens (tertiary/aromatic N) is 1. The highest BCUT2D eigenvalue weighted by Crippen LogP contribution is 2.34. The van der Waals surface area contributed by atoms with Crippen LogP contribution in [0.4, 0.5) is 0 Å². The van der Waals surface area contributed by atoms with Gasteiger partial charge in [-0.05, 0) is 52.7 Å². The molecule has 0 amide bonds. The summed E-state index contributed by atoms with van der Waals surface area (Å²) < 4.78 is 0. The quantitative estimate of drug-likeness (QED) is 0.680. The van der Waals surface area contributed by atoms with Crippen molar-refractivity contribution >= 4 is 0 Å². The molecule has 0 spiro atoms. The summed E-state index contributed by atoms with van der Waals surface area (Å²) >= 11 is 0. The predicted molar refractivity (Wildman–Crippen MR) is 53.1 cm³/mol. The Hall–Kier alpha value is -0.0800. The van der Waals surface area contributed by atoms with Gasteiger partial charge in [-0.3, -0.25) is 0 Å². The Morgan fingerprint density at radius 3 is 2.67 bits per heavy atom. The average Bonchev–Trinajstić information content (AvgIpc) is 2.04. The third kappa shape index (κ3) is 1.99. The van der Waals surface area contributed by atoms with Crippen LogP contribution >= 0.6 is 0 Å². The summed E-state index contributed by atoms with van der Waals surface area (Å²) in [6.45, 7) is 3.22. The van der Waals surface area contributed by atoms with Gasteiger partial charge in [-0.15, -0.1) is 0 Å². The molecule has 2 atom stereocenters. The fourth-order valence-electron chi connectivity index (χ4n) is 2.20. The summed E-state index contributed by atoms with van der Waals surface area (Å²) in [6, 6.07) is 0. The summed E-state index contributed by atoms with van der Waals surface area (Å²) in [7, 11) is 4.36. The highest BCUT2D eigenvalue weighted by atomic mass is 15.1. The van der Waals surface area contributed by atoms with Crippen LogP contribution in [0.25, 0.3) is 0 Å². The SMILES string of the molecule is CN(C)C1(C)CCCC(CN)C1. The van der Waals surface area contributed by atoms with E-state index in [0.29, 0.717) is 5.54 Å². The van der Waals surface area contributed by atoms with E-state index in [1.807, 2.05) is 0 Å². The molecular weight excluding hydrogens is 148 g/mol. The minimum Gasteiger partial charge on any atom is -0.330 e. The molecule has 0 heterocycles. The van der Waals surface area contributed by atoms with Crippen LogP contribution in [-0.4, -0.2) is 31.1 Å². The van der Waals surface area contributed by atoms with Crippen LogP contribution in [0.2, 0.25) is 0 Å². The molecule has 2 nitrogen and oxygen atoms in total. The fourth-order valence-corrected chi connectivity index (χ4v) is 2.20. The Labute approximate surface area is 76.1 Å². The Morgan fingerprint density at radius 1 is 1.50 bits per heavy atom. The van der Waals surface area contributed by atoms with E-state index >= 15 is 0 Å². The van der Waals surface area contributed by atoms with Crippen molar-refractivity contribution in [2.75, 3.05) is 20.6 Å². The zero-order valence-corrected chi connectivity index (χ0v) is 8.64. The average molecular weight is 170 g/mol. The molecule has 72 valence electrons. The fraction of sp³-hybridized carbons (Fsp3) is 1.00. The number of nitrogens with two attached hydrogens (primary N) is 1. The summed E-state index contributed by atoms with van der Waals surface area (Å²) in [4.78, 5) is 2.36. The monoisotopic (exact) mass is 170 g/mol. The van der Waals surface area contributed by atoms with Gasteiger partial charge in [-0.25, -0.2) is 0 Å². The summed E-state index contributed by atoms with van der Waals surface area (Å²) in [6.07, 6.45) is 5.28. The van der Waals surface area contributed by atoms with Gasteiger partial charge in [-0.1, -0.05) is 6.42 Å². The maximum absolute atomic E-state index is 5.71. The smallest absolute Gasteiger partial charge is 0.0178 e. The van der Waals surface area contributed by atoms with Gasteiger partial charge >= 0.3 is 0 Å². The molecule has 0 aliphatic heterocycles. The maximum Gasteiger partial charge on any atom is 0.0178 e. The van der Waals surface area contributed by atoms with E-state index < -0.39 is 0 Å². The van der Waals surface area contributed by atoms with Gasteiger partial charge in [0.1, 0.15) is 0 Å². The molecule has 1 fully saturated rings. The standard InChI is InChI=1S/C10H22N2/c1-10(12(2)3)6-4-5-9(7-10)8-11/h9H,4-8,11H2,1-3H3. The molecule has 0 bridgehead atoms. The predicted octanol–water partition coefficient (Wildman–Crippen LogP) is 1.46. The van der Waals surface area contributed by atoms with Crippen molar-refractivity contribution in [3.8, 4) is 0 Å². The lowest BCUT2D eigenvalue weighted by Crippen LogP contribution is -2.46. The highest BCUT2D eigenvalue weighted by molar-refractivity contribution is 4.89. The molecule has 2 heteroatoms. The minimum absolute atomic E-state index is 0.405. The van der Waals surface area contributed by atoms with Crippen LogP contribution in [0, 0.1) is 5.92 Å². The Bertz CT molecular complexity index is 145. The van der Waals surface area contributed by atoms with Crippen LogP contribution in [0.15, 0.2) is 0 Å². The molecule has 0 saturated heterocycles. The van der Waals surface area contributed by atoms with Gasteiger partial charge in [0, 0.05) is 5.54 Å². The van der Waals surface area contributed by atoms with E-state index in [0.717, 1.165) is 12.5 Å². The molecule has 1 aliphatic rings. The molecule has 2 N–H and O–H groups in total. The maximum atomic E-state index is 5.71. The zero-order valence-electron chi connectivity index (χ0n) is 8.64. The lowest BCUT2D eigenvalue weighted by molar-refractivity contribution is 0.0914. The highest BCUT2D eigenvalue weighted by Gasteiger charge is 2.32. The van der Waals surface area contributed by atoms with Crippen molar-refractivity contribution in [3.05, 3.63) is 0 Å². The van der Waals surface area contributed by atoms with E-state index in [4.69, 9.17) is 5.73 Å². The third-order valence-corrected chi connectivity index (χ3v) is 3.47. The number of hydrogen-bond donors (Lipinski definition) is 1. The molecule has 1 rings (SSSR count). The van der Waals surface area contributed by atoms with Crippen LogP contribution in [0.1, 0.15) is 32.6 Å². The van der Waals surface area contributed by atoms with Crippen molar-refractivity contribution in [2.24, 2.45) is 11.7 Å². The second-order valence-corrected chi connectivity index (χ2v) is 4.59. The normalized spacial score (nSPS) is 37.2. The van der Waals surface area contributed by atoms with Crippen molar-refractivity contribution in [2.45, 2.75) is 38.1 Å². The molecule has 0 aromatic rings. The first-order valence-electron chi connectivity index (χ1n) is 4.96. The molecule has 0 aromatic carbocycles. The molecular formula is C10H22N2. The zero-order chi connectivity index (χ0) is 9.19. The van der Waals surface area contributed by atoms with Crippen LogP contribution < -0.4 is 5.73 Å². The van der Waals surface area contributed by atoms with Crippen molar-refractivity contribution < 1.29 is 0 Å². The van der Waals surface area contributed by atoms with Crippen LogP contribution in [0.3, 0.4) is 0 Å². The van der Waals surface area contributed by atoms with Gasteiger partial charge in [0.05, 0.1) is 0 Å². The van der Waals surface area contributed by atoms with Gasteiger partial charge < -0.3 is 10.6 Å². The first-order chi connectivity index (χ1) is 5.58. The number of rotatable bonds is 2. The molecule has 1 saturated carbocycles. The summed E-state index contributed by atoms with van der Waals surface area (Å²) in [5.74, 6) is 0.756. The Kier molecular flexibility index (Phi) is 3.13. The van der Waals surface area contributed by atoms with Crippen LogP contribution in [0.5, 0.6) is 0 Å². The summed E-state index contributed by atoms with van der Waals surface area (Å²) in [5, 5.41) is 0. The third-order valence-electron chi connectivity index (χ3n) is 3.47. The second-order valence-electron chi connectivity index (χ2n) is 4.59. The summed E-state index contributed by atoms with van der Waals surface area (Å²) in [5.41, 5.74) is 6.11. The van der Waals surface area contributed by atoms with Gasteiger partial charge in [0.2, 0.25) is 0 Å². The van der Waals surface area contributed by atoms with Gasteiger partial charge in [0.15, 0.2) is 0 Å². The molecule has 1 aliphatic carbocycles. The van der Waals surface area contributed by atoms with E-state index in [-0.39, 0.29) is 0 Å². The second kappa shape index (κ2) is 3.75. The van der Waals surface area contributed by atoms with Crippen molar-refractivity contribution in [3.63, 3.8) is 0 Å². The van der Waals surface area contributed by atoms with E-state index in [1.165, 1.54) is 25.7 Å². The number of hydrogen-bond acceptors (Lipinski definition) is 2.